The van der Waals surface area contributed by atoms with Crippen LogP contribution >= 0.6 is 35.2 Å². The Morgan fingerprint density at radius 2 is 2.27 bits per heavy atom. The summed E-state index contributed by atoms with van der Waals surface area (Å²) >= 11 is 6.94. The van der Waals surface area contributed by atoms with E-state index in [2.05, 4.69) is 54.1 Å². The lowest BCUT2D eigenvalue weighted by molar-refractivity contribution is 0.380. The first-order chi connectivity index (χ1) is 5.06. The lowest BCUT2D eigenvalue weighted by Gasteiger charge is -2.12. The van der Waals surface area contributed by atoms with Gasteiger partial charge in [-0.1, -0.05) is 29.5 Å². The van der Waals surface area contributed by atoms with Crippen LogP contribution in [-0.2, 0) is 0 Å². The van der Waals surface area contributed by atoms with Crippen LogP contribution in [0.4, 0.5) is 0 Å². The summed E-state index contributed by atoms with van der Waals surface area (Å²) in [5.41, 5.74) is 0. The minimum absolute atomic E-state index is 0.367. The molecule has 0 amide bonds. The third-order valence-electron chi connectivity index (χ3n) is 2.44. The van der Waals surface area contributed by atoms with Gasteiger partial charge in [0.25, 0.3) is 0 Å². The van der Waals surface area contributed by atoms with Crippen molar-refractivity contribution in [2.24, 2.45) is 5.92 Å². The Kier molecular flexibility index (Phi) is 3.53. The van der Waals surface area contributed by atoms with Gasteiger partial charge in [0.05, 0.1) is 4.55 Å². The number of hydrogen-bond donors (Lipinski definition) is 1. The molecule has 1 saturated carbocycles. The van der Waals surface area contributed by atoms with E-state index in [1.165, 1.54) is 19.4 Å². The van der Waals surface area contributed by atoms with Crippen LogP contribution < -0.4 is 0 Å². The van der Waals surface area contributed by atoms with Gasteiger partial charge in [0.2, 0.25) is 0 Å². The average molecular weight is 285 g/mol. The van der Waals surface area contributed by atoms with Crippen LogP contribution in [0.3, 0.4) is 0 Å². The van der Waals surface area contributed by atoms with E-state index in [0.717, 1.165) is 10.5 Å². The second kappa shape index (κ2) is 3.83. The molecule has 1 unspecified atom stereocenters. The minimum atomic E-state index is 0.367. The lowest BCUT2D eigenvalue weighted by atomic mass is 10.2. The molecule has 1 nitrogen and oxygen atoms in total. The summed E-state index contributed by atoms with van der Waals surface area (Å²) in [6.07, 6.45) is 2.63. The van der Waals surface area contributed by atoms with Crippen LogP contribution in [0.25, 0.3) is 0 Å². The van der Waals surface area contributed by atoms with Crippen molar-refractivity contribution in [3.63, 3.8) is 0 Å². The fraction of sp³-hybridized carbons (Fsp3) is 1.00. The lowest BCUT2D eigenvalue weighted by Crippen LogP contribution is -2.18. The largest absolute Gasteiger partial charge is 0.297 e. The van der Waals surface area contributed by atoms with Crippen LogP contribution in [0.2, 0.25) is 0 Å². The Labute approximate surface area is 88.5 Å². The first-order valence-corrected chi connectivity index (χ1v) is 6.00. The molecule has 3 heteroatoms. The van der Waals surface area contributed by atoms with Gasteiger partial charge in [-0.05, 0) is 32.4 Å². The molecule has 0 aromatic carbocycles. The molecule has 0 saturated heterocycles. The highest BCUT2D eigenvalue weighted by atomic mass is 127. The molecule has 0 bridgehead atoms. The van der Waals surface area contributed by atoms with Gasteiger partial charge < -0.3 is 0 Å². The molecule has 0 aromatic heterocycles. The van der Waals surface area contributed by atoms with Gasteiger partial charge in [0, 0.05) is 4.75 Å². The van der Waals surface area contributed by atoms with E-state index >= 15 is 0 Å². The van der Waals surface area contributed by atoms with E-state index in [9.17, 15) is 0 Å². The maximum Gasteiger partial charge on any atom is 0.0502 e. The van der Waals surface area contributed by atoms with Crippen molar-refractivity contribution in [3.05, 3.63) is 0 Å². The highest BCUT2D eigenvalue weighted by Gasteiger charge is 2.46. The molecule has 0 heterocycles. The standard InChI is InChI=1S/C8H16INS/c1-8(11)5-7(8)3-4-10(2)6-9/h7,11H,3-6H2,1-2H3/t7-,8?/m1/s1. The highest BCUT2D eigenvalue weighted by Crippen LogP contribution is 2.50. The topological polar surface area (TPSA) is 3.24 Å². The van der Waals surface area contributed by atoms with Crippen molar-refractivity contribution < 1.29 is 0 Å². The van der Waals surface area contributed by atoms with Gasteiger partial charge in [-0.15, -0.1) is 0 Å². The Morgan fingerprint density at radius 3 is 2.64 bits per heavy atom. The second-order valence-electron chi connectivity index (χ2n) is 3.75. The third-order valence-corrected chi connectivity index (χ3v) is 4.15. The predicted octanol–water partition coefficient (Wildman–Crippen LogP) is 2.41. The van der Waals surface area contributed by atoms with E-state index in [0.29, 0.717) is 4.75 Å². The summed E-state index contributed by atoms with van der Waals surface area (Å²) in [5.74, 6) is 0.872. The van der Waals surface area contributed by atoms with Crippen molar-refractivity contribution in [1.29, 1.82) is 0 Å². The van der Waals surface area contributed by atoms with Gasteiger partial charge in [-0.2, -0.15) is 12.6 Å². The van der Waals surface area contributed by atoms with E-state index in [4.69, 9.17) is 0 Å². The van der Waals surface area contributed by atoms with Crippen molar-refractivity contribution in [2.45, 2.75) is 24.5 Å². The summed E-state index contributed by atoms with van der Waals surface area (Å²) in [7, 11) is 2.17. The summed E-state index contributed by atoms with van der Waals surface area (Å²) in [6.45, 7) is 3.47. The fourth-order valence-corrected chi connectivity index (χ4v) is 1.98. The predicted molar refractivity (Wildman–Crippen MR) is 61.6 cm³/mol. The molecule has 2 atom stereocenters. The molecule has 11 heavy (non-hydrogen) atoms. The Morgan fingerprint density at radius 1 is 1.73 bits per heavy atom. The molecule has 66 valence electrons. The average Bonchev–Trinajstić information content (AvgIpc) is 2.54. The van der Waals surface area contributed by atoms with Crippen molar-refractivity contribution >= 4 is 35.2 Å². The van der Waals surface area contributed by atoms with Crippen molar-refractivity contribution in [1.82, 2.24) is 4.90 Å². The molecular formula is C8H16INS. The quantitative estimate of drug-likeness (QED) is 0.359. The van der Waals surface area contributed by atoms with Gasteiger partial charge in [0.15, 0.2) is 0 Å². The van der Waals surface area contributed by atoms with E-state index < -0.39 is 0 Å². The van der Waals surface area contributed by atoms with Crippen LogP contribution in [0.1, 0.15) is 19.8 Å². The fourth-order valence-electron chi connectivity index (χ4n) is 1.29. The molecule has 0 aromatic rings. The van der Waals surface area contributed by atoms with E-state index in [1.807, 2.05) is 0 Å². The molecule has 1 aliphatic carbocycles. The van der Waals surface area contributed by atoms with Gasteiger partial charge >= 0.3 is 0 Å². The Balaban J connectivity index is 2.06. The normalized spacial score (nSPS) is 36.3. The highest BCUT2D eigenvalue weighted by molar-refractivity contribution is 14.1. The third kappa shape index (κ3) is 3.11. The van der Waals surface area contributed by atoms with E-state index in [-0.39, 0.29) is 0 Å². The Hall–Kier alpha value is 1.04. The van der Waals surface area contributed by atoms with Gasteiger partial charge in [0.1, 0.15) is 0 Å². The van der Waals surface area contributed by atoms with Crippen molar-refractivity contribution in [2.75, 3.05) is 18.1 Å². The van der Waals surface area contributed by atoms with E-state index in [1.54, 1.807) is 0 Å². The summed E-state index contributed by atoms with van der Waals surface area (Å²) < 4.78 is 1.50. The number of alkyl halides is 1. The zero-order chi connectivity index (χ0) is 8.48. The van der Waals surface area contributed by atoms with Gasteiger partial charge in [-0.3, -0.25) is 4.90 Å². The first kappa shape index (κ1) is 10.1. The molecule has 0 spiro atoms. The maximum absolute atomic E-state index is 4.54. The minimum Gasteiger partial charge on any atom is -0.297 e. The number of nitrogens with zero attached hydrogens (tertiary/aromatic N) is 1. The van der Waals surface area contributed by atoms with Crippen molar-refractivity contribution in [3.8, 4) is 0 Å². The van der Waals surface area contributed by atoms with Gasteiger partial charge in [-0.25, -0.2) is 0 Å². The number of rotatable bonds is 4. The summed E-state index contributed by atoms with van der Waals surface area (Å²) in [5, 5.41) is 0. The Bertz CT molecular complexity index is 138. The molecule has 0 radical (unpaired) electrons. The zero-order valence-corrected chi connectivity index (χ0v) is 10.2. The van der Waals surface area contributed by atoms with Crippen LogP contribution in [0.15, 0.2) is 0 Å². The number of thiol groups is 1. The molecule has 0 aliphatic heterocycles. The maximum atomic E-state index is 4.54. The first-order valence-electron chi connectivity index (χ1n) is 4.03. The smallest absolute Gasteiger partial charge is 0.0502 e. The monoisotopic (exact) mass is 285 g/mol. The van der Waals surface area contributed by atoms with Crippen LogP contribution in [-0.4, -0.2) is 27.8 Å². The molecule has 0 N–H and O–H groups in total. The molecule has 1 fully saturated rings. The second-order valence-corrected chi connectivity index (χ2v) is 5.45. The SMILES string of the molecule is CN(CI)CC[C@@H]1CC1(C)S. The number of hydrogen-bond acceptors (Lipinski definition) is 2. The zero-order valence-electron chi connectivity index (χ0n) is 7.18. The molecule has 1 aliphatic rings. The number of halogens is 1. The van der Waals surface area contributed by atoms with Crippen LogP contribution in [0, 0.1) is 5.92 Å². The summed E-state index contributed by atoms with van der Waals surface area (Å²) in [4.78, 5) is 2.35. The molecule has 1 rings (SSSR count). The summed E-state index contributed by atoms with van der Waals surface area (Å²) in [6, 6.07) is 0. The molecular weight excluding hydrogens is 269 g/mol. The van der Waals surface area contributed by atoms with Crippen LogP contribution in [0.5, 0.6) is 0 Å².